The van der Waals surface area contributed by atoms with Gasteiger partial charge < -0.3 is 81.2 Å². The highest BCUT2D eigenvalue weighted by Crippen LogP contribution is 2.41. The summed E-state index contributed by atoms with van der Waals surface area (Å²) in [5, 5.41) is 66.6. The third kappa shape index (κ3) is 41.5. The first kappa shape index (κ1) is 124. The summed E-state index contributed by atoms with van der Waals surface area (Å²) in [6, 6.07) is 72.6. The lowest BCUT2D eigenvalue weighted by Gasteiger charge is -2.11. The summed E-state index contributed by atoms with van der Waals surface area (Å²) in [4.78, 5) is -2.53. The normalized spacial score (nSPS) is 10.3. The van der Waals surface area contributed by atoms with E-state index in [0.717, 1.165) is 55.9 Å². The molecule has 0 aliphatic carbocycles. The lowest BCUT2D eigenvalue weighted by molar-refractivity contribution is 0.417. The molecule has 16 aromatic carbocycles. The van der Waals surface area contributed by atoms with Crippen LogP contribution in [0.25, 0.3) is 86.2 Å². The SMILES string of the molecule is COc1ccc2ccccc2c1N.Nc1c(S(=O)(=O)O)cc(S(=O)(=O)O)c2cccc(O)c12.Nc1cc(S(=O)(=O)O)cc2cccc(O)c12.Nc1ccc(S(=O)(=O)O)c2cccc(O)c12.Nc1ccc(S(=O)(=O)O)c2cccc(O)c12.Nc1ccc2cccc(O)c2c1.Nc1ccc2ccccc2c1.Nc1cccc2c(O)cccc12.O=S(=O)=O.O=S(=O)=O.O=S(=O)=O.O=S(=O)=O.O=S(=O)=O.O=S(=O)=O.O=S(=O)=O. The Morgan fingerprint density at radius 3 is 0.931 bits per heavy atom. The van der Waals surface area contributed by atoms with E-state index in [1.54, 1.807) is 43.5 Å². The van der Waals surface area contributed by atoms with Crippen molar-refractivity contribution in [1.29, 1.82) is 0 Å². The molecule has 27 N–H and O–H groups in total. The molecule has 0 heterocycles. The molecule has 0 aliphatic rings. The quantitative estimate of drug-likeness (QED) is 0.0599. The van der Waals surface area contributed by atoms with Gasteiger partial charge in [0.25, 0.3) is 50.6 Å². The second kappa shape index (κ2) is 56.7. The number of methoxy groups -OCH3 is 1. The summed E-state index contributed by atoms with van der Waals surface area (Å²) in [6.45, 7) is 0. The number of nitrogen functional groups attached to an aromatic ring is 8. The number of benzene rings is 16. The minimum absolute atomic E-state index is 0.0307. The molecule has 16 rings (SSSR count). The number of phenols is 6. The van der Waals surface area contributed by atoms with Crippen molar-refractivity contribution in [2.75, 3.05) is 53.0 Å². The highest BCUT2D eigenvalue weighted by molar-refractivity contribution is 7.87. The Morgan fingerprint density at radius 1 is 0.215 bits per heavy atom. The number of ether oxygens (including phenoxy) is 1. The minimum Gasteiger partial charge on any atom is -0.507 e. The summed E-state index contributed by atoms with van der Waals surface area (Å²) in [6.07, 6.45) is 0. The molecule has 0 unspecified atom stereocenters. The van der Waals surface area contributed by atoms with E-state index in [1.807, 2.05) is 115 Å². The number of hydrogen-bond acceptors (Lipinski definition) is 46. The number of aromatic hydroxyl groups is 6. The smallest absolute Gasteiger partial charge is 0.425 e. The van der Waals surface area contributed by atoms with E-state index >= 15 is 0 Å². The Kier molecular flexibility index (Phi) is 48.6. The van der Waals surface area contributed by atoms with E-state index in [9.17, 15) is 72.7 Å². The van der Waals surface area contributed by atoms with Crippen molar-refractivity contribution < 1.29 is 189 Å². The molecule has 144 heavy (non-hydrogen) atoms. The number of fused-ring (bicyclic) bond motifs is 8. The lowest BCUT2D eigenvalue weighted by atomic mass is 10.1. The molecule has 768 valence electrons. The van der Waals surface area contributed by atoms with Crippen LogP contribution in [0.5, 0.6) is 40.2 Å². The number of rotatable bonds is 6. The Bertz CT molecular complexity index is 8490. The van der Waals surface area contributed by atoms with Crippen LogP contribution in [-0.4, -0.2) is 191 Å². The molecule has 0 spiro atoms. The van der Waals surface area contributed by atoms with Gasteiger partial charge in [0.1, 0.15) is 59.8 Å². The zero-order valence-electron chi connectivity index (χ0n) is 71.9. The number of hydrogen-bond donors (Lipinski definition) is 19. The Hall–Kier alpha value is -16.5. The molecule has 0 aromatic heterocycles. The van der Waals surface area contributed by atoms with Gasteiger partial charge >= 0.3 is 74.3 Å². The predicted molar refractivity (Wildman–Crippen MR) is 520 cm³/mol. The second-order valence-electron chi connectivity index (χ2n) is 26.4. The maximum atomic E-state index is 11.3. The maximum Gasteiger partial charge on any atom is 0.425 e. The Balaban J connectivity index is 0.000000537. The van der Waals surface area contributed by atoms with Crippen LogP contribution in [0.1, 0.15) is 0 Å². The Labute approximate surface area is 823 Å². The van der Waals surface area contributed by atoms with Crippen molar-refractivity contribution in [3.63, 3.8) is 0 Å². The molecular weight excluding hydrogens is 2160 g/mol. The Morgan fingerprint density at radius 2 is 0.521 bits per heavy atom. The van der Waals surface area contributed by atoms with Crippen molar-refractivity contribution in [2.45, 2.75) is 24.5 Å². The first-order valence-corrected chi connectivity index (χ1v) is 51.1. The van der Waals surface area contributed by atoms with E-state index in [2.05, 4.69) is 12.1 Å². The fourth-order valence-corrected chi connectivity index (χ4v) is 15.3. The van der Waals surface area contributed by atoms with Gasteiger partial charge in [-0.05, 0) is 142 Å². The van der Waals surface area contributed by atoms with Crippen molar-refractivity contribution >= 4 is 257 Å². The van der Waals surface area contributed by atoms with Crippen LogP contribution in [0.15, 0.2) is 291 Å². The number of anilines is 8. The number of nitrogens with two attached hydrogens (primary N) is 8. The fraction of sp³-hybridized carbons (Fsp3) is 0.0123. The minimum atomic E-state index is -4.84. The number of phenolic OH excluding ortho intramolecular Hbond substituents is 6. The van der Waals surface area contributed by atoms with Crippen molar-refractivity contribution in [3.8, 4) is 40.2 Å². The third-order valence-corrected chi connectivity index (χ3v) is 21.7. The van der Waals surface area contributed by atoms with Crippen molar-refractivity contribution in [1.82, 2.24) is 0 Å². The van der Waals surface area contributed by atoms with E-state index in [1.165, 1.54) is 95.7 Å². The first-order valence-electron chi connectivity index (χ1n) is 36.9. The van der Waals surface area contributed by atoms with Crippen LogP contribution in [0.2, 0.25) is 0 Å². The zero-order chi connectivity index (χ0) is 110. The van der Waals surface area contributed by atoms with Crippen molar-refractivity contribution in [3.05, 3.63) is 267 Å². The molecule has 0 saturated heterocycles. The van der Waals surface area contributed by atoms with Crippen LogP contribution < -0.4 is 50.6 Å². The molecule has 51 nitrogen and oxygen atoms in total. The van der Waals surface area contributed by atoms with Gasteiger partial charge in [-0.15, -0.1) is 88.4 Å². The van der Waals surface area contributed by atoms with Gasteiger partial charge in [0.05, 0.1) is 23.4 Å². The highest BCUT2D eigenvalue weighted by atomic mass is 32.2. The van der Waals surface area contributed by atoms with Gasteiger partial charge in [0, 0.05) is 93.4 Å². The summed E-state index contributed by atoms with van der Waals surface area (Å²) in [5.74, 6) is 0.520. The molecule has 0 bridgehead atoms. The molecular formula is C81H74N8O43S12. The third-order valence-electron chi connectivity index (χ3n) is 17.2. The average molecular weight is 2230 g/mol. The summed E-state index contributed by atoms with van der Waals surface area (Å²) >= 11 is 0. The van der Waals surface area contributed by atoms with Gasteiger partial charge in [-0.3, -0.25) is 22.8 Å². The molecule has 16 aromatic rings. The predicted octanol–water partition coefficient (Wildman–Crippen LogP) is 6.82. The monoisotopic (exact) mass is 2230 g/mol. The van der Waals surface area contributed by atoms with Crippen LogP contribution in [0, 0.1) is 0 Å². The lowest BCUT2D eigenvalue weighted by Crippen LogP contribution is -2.08. The van der Waals surface area contributed by atoms with Gasteiger partial charge in [-0.2, -0.15) is 42.1 Å². The molecule has 0 saturated carbocycles. The fourth-order valence-electron chi connectivity index (χ4n) is 11.9. The topological polar surface area (TPSA) is 969 Å². The van der Waals surface area contributed by atoms with Crippen molar-refractivity contribution in [2.24, 2.45) is 0 Å². The van der Waals surface area contributed by atoms with Gasteiger partial charge in [0.15, 0.2) is 0 Å². The van der Waals surface area contributed by atoms with Crippen LogP contribution >= 0.6 is 0 Å². The largest absolute Gasteiger partial charge is 0.507 e. The van der Waals surface area contributed by atoms with Crippen LogP contribution in [0.4, 0.5) is 45.5 Å². The van der Waals surface area contributed by atoms with Crippen LogP contribution in [0.3, 0.4) is 0 Å². The van der Waals surface area contributed by atoms with E-state index < -0.39 is 146 Å². The standard InChI is InChI=1S/C11H11NO.C10H9NO7S2.3C10H9NO4S.2C10H9NO.C10H9N.7O3S/c1-13-10-7-6-8-4-2-3-5-9(8)11(10)12;11-10-8(20(16,17)18)4-7(19(13,14)15)5-2-1-3-6(12)9(5)10;11-8-5-7(16(13,14)15)4-6-2-1-3-9(12)10(6)8;2*11-7-4-5-9(16(13,14)15)6-2-1-3-8(12)10(6)7;11-9-5-1-4-8-7(9)3-2-6-10(8)12;11-8-5-4-7-2-1-3-10(12)9(7)6-8;11-10-6-5-8-3-1-2-4-9(8)7-10;7*1-4(2)3/h2-7H,12H2,1H3;1-4,12H,11H2,(H,13,14,15)(H,16,17,18);3*1-5,12H,11H2,(H,13,14,15);2*1-6,12H,11H2;1-7H,11H2;;;;;;;. The molecule has 0 atom stereocenters. The zero-order valence-corrected chi connectivity index (χ0v) is 81.7. The second-order valence-corrected chi connectivity index (χ2v) is 36.2. The molecule has 0 fully saturated rings. The van der Waals surface area contributed by atoms with E-state index in [0.29, 0.717) is 33.9 Å². The molecule has 0 amide bonds. The van der Waals surface area contributed by atoms with E-state index in [4.69, 9.17) is 162 Å². The van der Waals surface area contributed by atoms with Gasteiger partial charge in [-0.1, -0.05) is 152 Å². The molecule has 0 aliphatic heterocycles. The van der Waals surface area contributed by atoms with Crippen LogP contribution in [-0.2, 0) is 125 Å². The highest BCUT2D eigenvalue weighted by Gasteiger charge is 2.26. The summed E-state index contributed by atoms with van der Waals surface area (Å²) in [7, 11) is -42.7. The first-order chi connectivity index (χ1) is 66.6. The summed E-state index contributed by atoms with van der Waals surface area (Å²) in [5.41, 5.74) is 48.2. The van der Waals surface area contributed by atoms with Gasteiger partial charge in [-0.25, -0.2) is 0 Å². The average Bonchev–Trinajstić information content (AvgIpc) is 0.744. The molecule has 0 radical (unpaired) electrons. The van der Waals surface area contributed by atoms with Gasteiger partial charge in [0.2, 0.25) is 0 Å². The molecule has 63 heteroatoms. The van der Waals surface area contributed by atoms with E-state index in [-0.39, 0.29) is 92.8 Å². The summed E-state index contributed by atoms with van der Waals surface area (Å²) < 4.78 is 339. The maximum absolute atomic E-state index is 11.3.